The highest BCUT2D eigenvalue weighted by atomic mass is 16.5. The van der Waals surface area contributed by atoms with Crippen LogP contribution in [0.5, 0.6) is 0 Å². The molecule has 20 heavy (non-hydrogen) atoms. The molecule has 3 nitrogen and oxygen atoms in total. The van der Waals surface area contributed by atoms with Gasteiger partial charge in [0.25, 0.3) is 0 Å². The molecule has 3 heteroatoms. The minimum absolute atomic E-state index is 0.491. The largest absolute Gasteiger partial charge is 0.380 e. The van der Waals surface area contributed by atoms with Crippen LogP contribution in [0.25, 0.3) is 0 Å². The minimum atomic E-state index is 0.491. The molecule has 1 aromatic rings. The van der Waals surface area contributed by atoms with Gasteiger partial charge in [0, 0.05) is 13.2 Å². The number of likely N-dealkylation sites (tertiary alicyclic amines) is 1. The lowest BCUT2D eigenvalue weighted by molar-refractivity contribution is 0.0960. The van der Waals surface area contributed by atoms with Crippen molar-refractivity contribution in [3.05, 3.63) is 35.4 Å². The van der Waals surface area contributed by atoms with E-state index in [1.54, 1.807) is 7.11 Å². The monoisotopic (exact) mass is 276 g/mol. The molecule has 0 aliphatic carbocycles. The molecule has 112 valence electrons. The average Bonchev–Trinajstić information content (AvgIpc) is 2.49. The van der Waals surface area contributed by atoms with E-state index in [9.17, 15) is 0 Å². The average molecular weight is 276 g/mol. The Balaban J connectivity index is 2.19. The van der Waals surface area contributed by atoms with Gasteiger partial charge in [0.2, 0.25) is 0 Å². The number of methoxy groups -OCH3 is 1. The fourth-order valence-electron chi connectivity index (χ4n) is 3.40. The van der Waals surface area contributed by atoms with E-state index in [4.69, 9.17) is 10.5 Å². The lowest BCUT2D eigenvalue weighted by Crippen LogP contribution is -2.41. The molecule has 2 N–H and O–H groups in total. The summed E-state index contributed by atoms with van der Waals surface area (Å²) in [5, 5.41) is 0. The Morgan fingerprint density at radius 3 is 2.65 bits per heavy atom. The third-order valence-corrected chi connectivity index (χ3v) is 4.31. The van der Waals surface area contributed by atoms with Crippen LogP contribution in [-0.2, 0) is 11.3 Å². The number of nitrogens with zero attached hydrogens (tertiary/aromatic N) is 1. The molecule has 2 atom stereocenters. The highest BCUT2D eigenvalue weighted by Gasteiger charge is 2.31. The summed E-state index contributed by atoms with van der Waals surface area (Å²) < 4.78 is 5.18. The Labute approximate surface area is 123 Å². The Morgan fingerprint density at radius 2 is 2.05 bits per heavy atom. The molecule has 2 unspecified atom stereocenters. The molecule has 0 amide bonds. The van der Waals surface area contributed by atoms with Crippen LogP contribution in [0, 0.1) is 5.92 Å². The van der Waals surface area contributed by atoms with Crippen LogP contribution in [0.3, 0.4) is 0 Å². The second-order valence-corrected chi connectivity index (χ2v) is 5.79. The predicted octanol–water partition coefficient (Wildman–Crippen LogP) is 2.95. The van der Waals surface area contributed by atoms with Crippen molar-refractivity contribution in [2.75, 3.05) is 26.7 Å². The molecule has 1 heterocycles. The first kappa shape index (κ1) is 15.5. The molecule has 1 saturated heterocycles. The summed E-state index contributed by atoms with van der Waals surface area (Å²) in [6.45, 7) is 6.09. The van der Waals surface area contributed by atoms with Crippen molar-refractivity contribution < 1.29 is 4.74 Å². The molecule has 1 aromatic carbocycles. The highest BCUT2D eigenvalue weighted by Crippen LogP contribution is 2.35. The van der Waals surface area contributed by atoms with Crippen molar-refractivity contribution in [2.45, 2.75) is 38.8 Å². The fourth-order valence-corrected chi connectivity index (χ4v) is 3.40. The summed E-state index contributed by atoms with van der Waals surface area (Å²) in [7, 11) is 1.74. The second kappa shape index (κ2) is 7.77. The second-order valence-electron chi connectivity index (χ2n) is 5.79. The van der Waals surface area contributed by atoms with Gasteiger partial charge in [-0.3, -0.25) is 4.90 Å². The smallest absolute Gasteiger partial charge is 0.0713 e. The van der Waals surface area contributed by atoms with E-state index in [0.29, 0.717) is 18.6 Å². The topological polar surface area (TPSA) is 38.5 Å². The first-order valence-corrected chi connectivity index (χ1v) is 7.82. The Hall–Kier alpha value is -0.900. The Bertz CT molecular complexity index is 388. The highest BCUT2D eigenvalue weighted by molar-refractivity contribution is 5.26. The summed E-state index contributed by atoms with van der Waals surface area (Å²) >= 11 is 0. The van der Waals surface area contributed by atoms with Gasteiger partial charge in [0.1, 0.15) is 0 Å². The maximum absolute atomic E-state index is 6.02. The standard InChI is InChI=1S/C17H28N2O/c1-3-10-19-11-4-5-16(12-18)17(19)15-8-6-14(7-9-15)13-20-2/h6-9,16-17H,3-5,10-13,18H2,1-2H3. The number of piperidine rings is 1. The van der Waals surface area contributed by atoms with E-state index >= 15 is 0 Å². The summed E-state index contributed by atoms with van der Waals surface area (Å²) in [5.41, 5.74) is 8.67. The van der Waals surface area contributed by atoms with Crippen LogP contribution in [0.1, 0.15) is 43.4 Å². The maximum Gasteiger partial charge on any atom is 0.0713 e. The number of nitrogens with two attached hydrogens (primary N) is 1. The van der Waals surface area contributed by atoms with Crippen LogP contribution >= 0.6 is 0 Å². The molecule has 1 aliphatic heterocycles. The van der Waals surface area contributed by atoms with Crippen LogP contribution in [0.2, 0.25) is 0 Å². The Morgan fingerprint density at radius 1 is 1.30 bits per heavy atom. The van der Waals surface area contributed by atoms with E-state index < -0.39 is 0 Å². The molecule has 0 bridgehead atoms. The first-order chi connectivity index (χ1) is 9.80. The van der Waals surface area contributed by atoms with Crippen LogP contribution in [0.4, 0.5) is 0 Å². The molecule has 0 saturated carbocycles. The quantitative estimate of drug-likeness (QED) is 0.868. The van der Waals surface area contributed by atoms with Gasteiger partial charge in [-0.25, -0.2) is 0 Å². The van der Waals surface area contributed by atoms with Gasteiger partial charge in [-0.05, 0) is 55.9 Å². The summed E-state index contributed by atoms with van der Waals surface area (Å²) in [6, 6.07) is 9.38. The first-order valence-electron chi connectivity index (χ1n) is 7.82. The molecule has 0 radical (unpaired) electrons. The SMILES string of the molecule is CCCN1CCCC(CN)C1c1ccc(COC)cc1. The lowest BCUT2D eigenvalue weighted by atomic mass is 9.84. The summed E-state index contributed by atoms with van der Waals surface area (Å²) in [4.78, 5) is 2.62. The van der Waals surface area contributed by atoms with E-state index in [1.807, 2.05) is 0 Å². The summed E-state index contributed by atoms with van der Waals surface area (Å²) in [5.74, 6) is 0.587. The molecular formula is C17H28N2O. The van der Waals surface area contributed by atoms with E-state index in [1.165, 1.54) is 43.5 Å². The molecule has 1 aliphatic rings. The fraction of sp³-hybridized carbons (Fsp3) is 0.647. The van der Waals surface area contributed by atoms with Gasteiger partial charge in [-0.15, -0.1) is 0 Å². The van der Waals surface area contributed by atoms with Crippen molar-refractivity contribution in [3.63, 3.8) is 0 Å². The van der Waals surface area contributed by atoms with Crippen LogP contribution < -0.4 is 5.73 Å². The lowest BCUT2D eigenvalue weighted by Gasteiger charge is -2.41. The normalized spacial score (nSPS) is 23.9. The van der Waals surface area contributed by atoms with Crippen molar-refractivity contribution in [1.82, 2.24) is 4.90 Å². The van der Waals surface area contributed by atoms with Gasteiger partial charge < -0.3 is 10.5 Å². The van der Waals surface area contributed by atoms with Crippen molar-refractivity contribution in [3.8, 4) is 0 Å². The molecular weight excluding hydrogens is 248 g/mol. The van der Waals surface area contributed by atoms with Crippen molar-refractivity contribution in [1.29, 1.82) is 0 Å². The number of hydrogen-bond donors (Lipinski definition) is 1. The predicted molar refractivity (Wildman–Crippen MR) is 83.5 cm³/mol. The van der Waals surface area contributed by atoms with Gasteiger partial charge >= 0.3 is 0 Å². The van der Waals surface area contributed by atoms with Gasteiger partial charge in [0.05, 0.1) is 6.61 Å². The van der Waals surface area contributed by atoms with Gasteiger partial charge in [-0.1, -0.05) is 31.2 Å². The van der Waals surface area contributed by atoms with Crippen molar-refractivity contribution >= 4 is 0 Å². The third-order valence-electron chi connectivity index (χ3n) is 4.31. The summed E-state index contributed by atoms with van der Waals surface area (Å²) in [6.07, 6.45) is 3.73. The Kier molecular flexibility index (Phi) is 6.02. The van der Waals surface area contributed by atoms with Crippen LogP contribution in [-0.4, -0.2) is 31.6 Å². The molecule has 2 rings (SSSR count). The van der Waals surface area contributed by atoms with E-state index in [2.05, 4.69) is 36.1 Å². The zero-order valence-corrected chi connectivity index (χ0v) is 12.8. The maximum atomic E-state index is 6.02. The van der Waals surface area contributed by atoms with Crippen molar-refractivity contribution in [2.24, 2.45) is 11.7 Å². The molecule has 1 fully saturated rings. The zero-order valence-electron chi connectivity index (χ0n) is 12.8. The zero-order chi connectivity index (χ0) is 14.4. The molecule has 0 aromatic heterocycles. The molecule has 0 spiro atoms. The minimum Gasteiger partial charge on any atom is -0.380 e. The van der Waals surface area contributed by atoms with E-state index in [-0.39, 0.29) is 0 Å². The van der Waals surface area contributed by atoms with Gasteiger partial charge in [-0.2, -0.15) is 0 Å². The number of rotatable bonds is 6. The van der Waals surface area contributed by atoms with Crippen LogP contribution in [0.15, 0.2) is 24.3 Å². The third kappa shape index (κ3) is 3.60. The van der Waals surface area contributed by atoms with E-state index in [0.717, 1.165) is 6.54 Å². The van der Waals surface area contributed by atoms with Gasteiger partial charge in [0.15, 0.2) is 0 Å². The number of ether oxygens (including phenoxy) is 1. The number of hydrogen-bond acceptors (Lipinski definition) is 3. The number of benzene rings is 1.